The van der Waals surface area contributed by atoms with Crippen molar-refractivity contribution in [2.45, 2.75) is 87.5 Å². The number of piperazine rings is 2. The van der Waals surface area contributed by atoms with Crippen LogP contribution in [-0.2, 0) is 61.0 Å². The Kier molecular flexibility index (Phi) is 12.6. The van der Waals surface area contributed by atoms with Gasteiger partial charge in [-0.15, -0.1) is 6.58 Å². The molecule has 0 bridgehead atoms. The summed E-state index contributed by atoms with van der Waals surface area (Å²) in [5.74, 6) is -6.62. The van der Waals surface area contributed by atoms with Gasteiger partial charge in [-0.2, -0.15) is 0 Å². The molecule has 4 aromatic rings. The molecule has 70 heavy (non-hydrogen) atoms. The van der Waals surface area contributed by atoms with Gasteiger partial charge in [-0.05, 0) is 66.1 Å². The van der Waals surface area contributed by atoms with Gasteiger partial charge in [-0.25, -0.2) is 14.4 Å². The van der Waals surface area contributed by atoms with Gasteiger partial charge >= 0.3 is 23.9 Å². The number of esters is 3. The number of likely N-dealkylation sites (tertiary alicyclic amines) is 1. The highest BCUT2D eigenvalue weighted by Crippen LogP contribution is 2.50. The van der Waals surface area contributed by atoms with E-state index in [1.807, 2.05) is 24.3 Å². The van der Waals surface area contributed by atoms with E-state index in [0.717, 1.165) is 23.0 Å². The maximum atomic E-state index is 15.5. The molecule has 2 spiro atoms. The summed E-state index contributed by atoms with van der Waals surface area (Å²) in [6.07, 6.45) is 0.129. The second-order valence-corrected chi connectivity index (χ2v) is 18.1. The molecule has 1 N–H and O–H groups in total. The fourth-order valence-electron chi connectivity index (χ4n) is 10.5. The number of amides is 5. The van der Waals surface area contributed by atoms with Gasteiger partial charge in [0.15, 0.2) is 0 Å². The maximum absolute atomic E-state index is 15.5. The average Bonchev–Trinajstić information content (AvgIpc) is 4.10. The summed E-state index contributed by atoms with van der Waals surface area (Å²) < 4.78 is 16.8. The molecule has 5 aliphatic rings. The monoisotopic (exact) mass is 951 g/mol. The quantitative estimate of drug-likeness (QED) is 0.114. The molecule has 18 heteroatoms. The summed E-state index contributed by atoms with van der Waals surface area (Å²) >= 11 is 0. The predicted molar refractivity (Wildman–Crippen MR) is 247 cm³/mol. The Morgan fingerprint density at radius 3 is 1.66 bits per heavy atom. The normalized spacial score (nSPS) is 24.7. The van der Waals surface area contributed by atoms with Crippen molar-refractivity contribution in [1.29, 1.82) is 0 Å². The number of anilines is 2. The van der Waals surface area contributed by atoms with Crippen LogP contribution in [0.5, 0.6) is 0 Å². The minimum atomic E-state index is -2.02. The second kappa shape index (κ2) is 18.7. The molecular formula is C52H49N5O13. The molecule has 0 aromatic heterocycles. The lowest BCUT2D eigenvalue weighted by molar-refractivity contribution is -0.151. The van der Waals surface area contributed by atoms with Crippen molar-refractivity contribution in [2.24, 2.45) is 0 Å². The molecule has 0 aliphatic carbocycles. The first-order valence-corrected chi connectivity index (χ1v) is 22.9. The zero-order valence-corrected chi connectivity index (χ0v) is 38.1. The van der Waals surface area contributed by atoms with E-state index < -0.39 is 115 Å². The van der Waals surface area contributed by atoms with Gasteiger partial charge in [0.1, 0.15) is 48.5 Å². The Balaban J connectivity index is 1.08. The lowest BCUT2D eigenvalue weighted by Gasteiger charge is -2.49. The number of allylic oxidation sites excluding steroid dienone is 1. The number of hydrogen-bond donors (Lipinski definition) is 1. The molecule has 5 heterocycles. The number of aliphatic carboxylic acids is 1. The largest absolute Gasteiger partial charge is 0.480 e. The van der Waals surface area contributed by atoms with Crippen molar-refractivity contribution < 1.29 is 62.5 Å². The summed E-state index contributed by atoms with van der Waals surface area (Å²) in [4.78, 5) is 132. The van der Waals surface area contributed by atoms with E-state index in [1.165, 1.54) is 68.1 Å². The fraction of sp³-hybridized carbons (Fsp3) is 0.327. The van der Waals surface area contributed by atoms with E-state index in [2.05, 4.69) is 6.58 Å². The molecule has 5 fully saturated rings. The third-order valence-electron chi connectivity index (χ3n) is 13.8. The zero-order chi connectivity index (χ0) is 49.5. The number of rotatable bonds is 13. The first-order chi connectivity index (χ1) is 33.6. The van der Waals surface area contributed by atoms with Crippen molar-refractivity contribution in [3.8, 4) is 0 Å². The van der Waals surface area contributed by atoms with Crippen molar-refractivity contribution in [2.75, 3.05) is 29.4 Å². The van der Waals surface area contributed by atoms with Gasteiger partial charge in [-0.3, -0.25) is 38.6 Å². The fourth-order valence-corrected chi connectivity index (χ4v) is 10.5. The molecule has 5 saturated heterocycles. The van der Waals surface area contributed by atoms with E-state index >= 15 is 19.2 Å². The van der Waals surface area contributed by atoms with Crippen LogP contribution in [0.2, 0.25) is 0 Å². The van der Waals surface area contributed by atoms with Gasteiger partial charge in [0.2, 0.25) is 5.91 Å². The van der Waals surface area contributed by atoms with E-state index in [1.54, 1.807) is 42.5 Å². The highest BCUT2D eigenvalue weighted by Gasteiger charge is 2.71. The van der Waals surface area contributed by atoms with Gasteiger partial charge in [0, 0.05) is 44.0 Å². The van der Waals surface area contributed by atoms with Crippen LogP contribution in [0.25, 0.3) is 0 Å². The van der Waals surface area contributed by atoms with Crippen LogP contribution in [0.4, 0.5) is 11.4 Å². The Morgan fingerprint density at radius 1 is 0.671 bits per heavy atom. The average molecular weight is 952 g/mol. The summed E-state index contributed by atoms with van der Waals surface area (Å²) in [6.45, 7) is 3.61. The highest BCUT2D eigenvalue weighted by molar-refractivity contribution is 6.17. The van der Waals surface area contributed by atoms with Crippen LogP contribution in [0.3, 0.4) is 0 Å². The van der Waals surface area contributed by atoms with Crippen molar-refractivity contribution in [3.63, 3.8) is 0 Å². The molecule has 9 rings (SSSR count). The van der Waals surface area contributed by atoms with Crippen LogP contribution in [0, 0.1) is 0 Å². The smallest absolute Gasteiger partial charge is 0.338 e. The Labute approximate surface area is 401 Å². The Morgan fingerprint density at radius 2 is 1.17 bits per heavy atom. The molecule has 360 valence electrons. The minimum absolute atomic E-state index is 0.00110. The number of hydrogen-bond acceptors (Lipinski definition) is 12. The first-order valence-electron chi connectivity index (χ1n) is 22.9. The minimum Gasteiger partial charge on any atom is -0.480 e. The molecule has 5 aliphatic heterocycles. The van der Waals surface area contributed by atoms with Gasteiger partial charge in [-0.1, -0.05) is 66.7 Å². The predicted octanol–water partition coefficient (Wildman–Crippen LogP) is 4.06. The van der Waals surface area contributed by atoms with Crippen molar-refractivity contribution in [3.05, 3.63) is 144 Å². The summed E-state index contributed by atoms with van der Waals surface area (Å²) in [7, 11) is 0. The Bertz CT molecular complexity index is 2760. The standard InChI is InChI=1S/C52H49N5O13/c1-3-4-15-43(59)70-39-24-40-44(60)56(37-20-16-35(17-21-37)47(64)68-28-33-11-7-5-8-12-33)51(49(66)53(40)27-39)25-41-45(61)57(38-22-18-36(19-23-38)48(65)69-29-34-13-9-6-10-14-34)52(50(67)55(41)31-51)26-42(46(62)63)54(30-52)32(2)58/h3,5-14,16-23,39-42H,1,4,15,24-31H2,2H3,(H,62,63)/t39-,40+,41+,42?,51?,52?/m1/s1. The van der Waals surface area contributed by atoms with Crippen LogP contribution >= 0.6 is 0 Å². The number of carbonyl (C=O) groups is 9. The van der Waals surface area contributed by atoms with E-state index in [9.17, 15) is 29.1 Å². The highest BCUT2D eigenvalue weighted by atomic mass is 16.5. The summed E-state index contributed by atoms with van der Waals surface area (Å²) in [6, 6.07) is 25.6. The number of nitrogens with zero attached hydrogens (tertiary/aromatic N) is 5. The van der Waals surface area contributed by atoms with Crippen LogP contribution in [-0.4, -0.2) is 128 Å². The van der Waals surface area contributed by atoms with Crippen LogP contribution in [0.1, 0.15) is 70.9 Å². The molecule has 5 amide bonds. The van der Waals surface area contributed by atoms with E-state index in [-0.39, 0.29) is 55.1 Å². The number of benzene rings is 4. The lowest BCUT2D eigenvalue weighted by atomic mass is 9.85. The number of carbonyl (C=O) groups excluding carboxylic acids is 8. The second-order valence-electron chi connectivity index (χ2n) is 18.1. The third-order valence-corrected chi connectivity index (χ3v) is 13.8. The molecule has 18 nitrogen and oxygen atoms in total. The van der Waals surface area contributed by atoms with E-state index in [4.69, 9.17) is 14.2 Å². The molecular weight excluding hydrogens is 903 g/mol. The van der Waals surface area contributed by atoms with Crippen molar-refractivity contribution in [1.82, 2.24) is 14.7 Å². The van der Waals surface area contributed by atoms with E-state index in [0.29, 0.717) is 6.42 Å². The molecule has 3 unspecified atom stereocenters. The first kappa shape index (κ1) is 46.9. The molecule has 6 atom stereocenters. The zero-order valence-electron chi connectivity index (χ0n) is 38.1. The van der Waals surface area contributed by atoms with Gasteiger partial charge < -0.3 is 34.0 Å². The van der Waals surface area contributed by atoms with Crippen LogP contribution < -0.4 is 9.80 Å². The summed E-state index contributed by atoms with van der Waals surface area (Å²) in [5.41, 5.74) is -1.91. The van der Waals surface area contributed by atoms with Crippen LogP contribution in [0.15, 0.2) is 122 Å². The maximum Gasteiger partial charge on any atom is 0.338 e. The molecule has 0 saturated carbocycles. The SMILES string of the molecule is C=CCCC(=O)O[C@@H]1C[C@H]2C(=O)N(c3ccc(C(=O)OCc4ccccc4)cc3)C3(C[C@H]4C(=O)N(c5ccc(C(=O)OCc6ccccc6)cc5)C5(CC(C(=O)O)N(C(C)=O)C5)C(=O)N4C3)C(=O)N2C1. The Hall–Kier alpha value is -8.15. The third kappa shape index (κ3) is 8.32. The number of carboxylic acids is 1. The number of ether oxygens (including phenoxy) is 3. The van der Waals surface area contributed by atoms with Gasteiger partial charge in [0.05, 0.1) is 30.8 Å². The molecule has 4 aromatic carbocycles. The number of fused-ring (bicyclic) bond motifs is 2. The lowest BCUT2D eigenvalue weighted by Crippen LogP contribution is -2.73. The number of carboxylic acid groups (broad SMARTS) is 1. The van der Waals surface area contributed by atoms with Crippen molar-refractivity contribution >= 4 is 64.8 Å². The van der Waals surface area contributed by atoms with Gasteiger partial charge in [0.25, 0.3) is 23.6 Å². The topological polar surface area (TPSA) is 218 Å². The summed E-state index contributed by atoms with van der Waals surface area (Å²) in [5, 5.41) is 10.4. The molecule has 0 radical (unpaired) electrons.